The van der Waals surface area contributed by atoms with Gasteiger partial charge in [-0.25, -0.2) is 0 Å². The molecule has 0 saturated heterocycles. The second kappa shape index (κ2) is 7.79. The normalized spacial score (nSPS) is 12.5. The predicted octanol–water partition coefficient (Wildman–Crippen LogP) is 5.46. The van der Waals surface area contributed by atoms with Crippen LogP contribution in [0, 0.1) is 0 Å². The van der Waals surface area contributed by atoms with E-state index in [2.05, 4.69) is 25.8 Å². The number of alkyl halides is 3. The number of rotatable bonds is 5. The quantitative estimate of drug-likeness (QED) is 0.602. The molecular formula is C18H15ClF3N5. The Morgan fingerprint density at radius 1 is 1.07 bits per heavy atom. The zero-order chi connectivity index (χ0) is 19.4. The van der Waals surface area contributed by atoms with Gasteiger partial charge in [0.15, 0.2) is 5.82 Å². The molecular weight excluding hydrogens is 379 g/mol. The highest BCUT2D eigenvalue weighted by Crippen LogP contribution is 2.37. The van der Waals surface area contributed by atoms with Gasteiger partial charge in [0.2, 0.25) is 5.95 Å². The summed E-state index contributed by atoms with van der Waals surface area (Å²) >= 11 is 5.69. The largest absolute Gasteiger partial charge is 0.418 e. The third kappa shape index (κ3) is 4.85. The molecule has 9 heteroatoms. The van der Waals surface area contributed by atoms with Crippen LogP contribution in [0.15, 0.2) is 54.7 Å². The van der Waals surface area contributed by atoms with Gasteiger partial charge in [0.1, 0.15) is 0 Å². The van der Waals surface area contributed by atoms with E-state index in [1.54, 1.807) is 0 Å². The van der Waals surface area contributed by atoms with Crippen molar-refractivity contribution >= 4 is 29.1 Å². The summed E-state index contributed by atoms with van der Waals surface area (Å²) in [7, 11) is 0. The summed E-state index contributed by atoms with van der Waals surface area (Å²) in [6, 6.07) is 13.0. The summed E-state index contributed by atoms with van der Waals surface area (Å²) in [5, 5.41) is 13.2. The molecule has 140 valence electrons. The Labute approximate surface area is 158 Å². The van der Waals surface area contributed by atoms with Crippen LogP contribution in [0.3, 0.4) is 0 Å². The highest BCUT2D eigenvalue weighted by atomic mass is 35.5. The molecule has 0 aliphatic carbocycles. The van der Waals surface area contributed by atoms with E-state index in [1.165, 1.54) is 18.3 Å². The highest BCUT2D eigenvalue weighted by Gasteiger charge is 2.34. The lowest BCUT2D eigenvalue weighted by molar-refractivity contribution is -0.136. The Balaban J connectivity index is 1.81. The molecule has 0 amide bonds. The molecule has 1 unspecified atom stereocenters. The maximum atomic E-state index is 13.2. The van der Waals surface area contributed by atoms with Crippen molar-refractivity contribution in [2.24, 2.45) is 0 Å². The Bertz CT molecular complexity index is 918. The zero-order valence-electron chi connectivity index (χ0n) is 14.1. The highest BCUT2D eigenvalue weighted by molar-refractivity contribution is 6.30. The molecule has 3 aromatic rings. The van der Waals surface area contributed by atoms with E-state index < -0.39 is 11.7 Å². The van der Waals surface area contributed by atoms with Gasteiger partial charge in [-0.1, -0.05) is 41.9 Å². The van der Waals surface area contributed by atoms with Gasteiger partial charge in [-0.3, -0.25) is 0 Å². The molecule has 5 nitrogen and oxygen atoms in total. The monoisotopic (exact) mass is 393 g/mol. The maximum absolute atomic E-state index is 13.2. The number of halogens is 4. The van der Waals surface area contributed by atoms with Gasteiger partial charge in [0.25, 0.3) is 0 Å². The fourth-order valence-electron chi connectivity index (χ4n) is 2.45. The molecule has 2 N–H and O–H groups in total. The number of nitrogens with one attached hydrogen (secondary N) is 2. The fourth-order valence-corrected chi connectivity index (χ4v) is 2.63. The first-order valence-electron chi connectivity index (χ1n) is 7.98. The van der Waals surface area contributed by atoms with Crippen LogP contribution in [0.5, 0.6) is 0 Å². The van der Waals surface area contributed by atoms with Crippen LogP contribution in [-0.4, -0.2) is 15.2 Å². The number of aromatic nitrogens is 3. The lowest BCUT2D eigenvalue weighted by Crippen LogP contribution is -2.12. The Kier molecular flexibility index (Phi) is 5.46. The van der Waals surface area contributed by atoms with Gasteiger partial charge in [0, 0.05) is 11.1 Å². The third-order valence-electron chi connectivity index (χ3n) is 3.76. The van der Waals surface area contributed by atoms with E-state index in [0.717, 1.165) is 11.6 Å². The molecule has 3 rings (SSSR count). The molecule has 1 heterocycles. The van der Waals surface area contributed by atoms with E-state index >= 15 is 0 Å². The average molecular weight is 394 g/mol. The number of nitrogens with zero attached hydrogens (tertiary/aromatic N) is 3. The third-order valence-corrected chi connectivity index (χ3v) is 3.99. The van der Waals surface area contributed by atoms with E-state index in [4.69, 9.17) is 11.6 Å². The fraction of sp³-hybridized carbons (Fsp3) is 0.167. The molecule has 0 fully saturated rings. The van der Waals surface area contributed by atoms with Crippen molar-refractivity contribution in [3.05, 3.63) is 70.9 Å². The summed E-state index contributed by atoms with van der Waals surface area (Å²) in [6.07, 6.45) is -3.17. The van der Waals surface area contributed by atoms with Gasteiger partial charge in [-0.15, -0.1) is 5.10 Å². The van der Waals surface area contributed by atoms with Crippen LogP contribution in [-0.2, 0) is 6.18 Å². The maximum Gasteiger partial charge on any atom is 0.418 e. The summed E-state index contributed by atoms with van der Waals surface area (Å²) in [6.45, 7) is 1.94. The molecule has 0 radical (unpaired) electrons. The first-order chi connectivity index (χ1) is 12.8. The van der Waals surface area contributed by atoms with E-state index in [9.17, 15) is 13.2 Å². The number of benzene rings is 2. The second-order valence-electron chi connectivity index (χ2n) is 5.75. The van der Waals surface area contributed by atoms with Gasteiger partial charge >= 0.3 is 6.18 Å². The van der Waals surface area contributed by atoms with E-state index in [-0.39, 0.29) is 22.7 Å². The van der Waals surface area contributed by atoms with Crippen LogP contribution < -0.4 is 10.6 Å². The molecule has 0 aliphatic rings. The van der Waals surface area contributed by atoms with E-state index in [1.807, 2.05) is 37.3 Å². The lowest BCUT2D eigenvalue weighted by Gasteiger charge is -2.16. The summed E-state index contributed by atoms with van der Waals surface area (Å²) < 4.78 is 39.6. The predicted molar refractivity (Wildman–Crippen MR) is 98.0 cm³/mol. The molecule has 0 aliphatic heterocycles. The minimum Gasteiger partial charge on any atom is -0.362 e. The Morgan fingerprint density at radius 2 is 1.81 bits per heavy atom. The Hall–Kier alpha value is -2.87. The van der Waals surface area contributed by atoms with E-state index in [0.29, 0.717) is 5.82 Å². The summed E-state index contributed by atoms with van der Waals surface area (Å²) in [4.78, 5) is 4.18. The van der Waals surface area contributed by atoms with Gasteiger partial charge in [0.05, 0.1) is 17.4 Å². The smallest absolute Gasteiger partial charge is 0.362 e. The molecule has 1 atom stereocenters. The first kappa shape index (κ1) is 18.9. The number of hydrogen-bond acceptors (Lipinski definition) is 5. The Morgan fingerprint density at radius 3 is 2.52 bits per heavy atom. The number of anilines is 3. The van der Waals surface area contributed by atoms with Crippen molar-refractivity contribution in [2.75, 3.05) is 10.6 Å². The van der Waals surface area contributed by atoms with Crippen molar-refractivity contribution in [2.45, 2.75) is 19.1 Å². The standard InChI is InChI=1S/C18H15ClF3N5/c1-11(12-5-3-2-4-6-12)24-16-10-23-27-17(26-16)25-15-8-7-13(19)9-14(15)18(20,21)22/h2-11H,1H3,(H2,24,25,26,27). The van der Waals surface area contributed by atoms with Crippen molar-refractivity contribution in [1.29, 1.82) is 0 Å². The summed E-state index contributed by atoms with van der Waals surface area (Å²) in [5.41, 5.74) is -0.0840. The zero-order valence-corrected chi connectivity index (χ0v) is 14.9. The van der Waals surface area contributed by atoms with Crippen molar-refractivity contribution in [3.63, 3.8) is 0 Å². The van der Waals surface area contributed by atoms with Gasteiger partial charge < -0.3 is 10.6 Å². The molecule has 0 saturated carbocycles. The SMILES string of the molecule is CC(Nc1cnnc(Nc2ccc(Cl)cc2C(F)(F)F)n1)c1ccccc1. The topological polar surface area (TPSA) is 62.7 Å². The molecule has 27 heavy (non-hydrogen) atoms. The molecule has 0 spiro atoms. The van der Waals surface area contributed by atoms with Crippen LogP contribution >= 0.6 is 11.6 Å². The summed E-state index contributed by atoms with van der Waals surface area (Å²) in [5.74, 6) is 0.319. The molecule has 2 aromatic carbocycles. The molecule has 0 bridgehead atoms. The van der Waals surface area contributed by atoms with Gasteiger partial charge in [-0.05, 0) is 30.7 Å². The van der Waals surface area contributed by atoms with Crippen LogP contribution in [0.25, 0.3) is 0 Å². The van der Waals surface area contributed by atoms with Crippen LogP contribution in [0.2, 0.25) is 5.02 Å². The lowest BCUT2D eigenvalue weighted by atomic mass is 10.1. The van der Waals surface area contributed by atoms with Gasteiger partial charge in [-0.2, -0.15) is 23.3 Å². The van der Waals surface area contributed by atoms with Crippen LogP contribution in [0.4, 0.5) is 30.6 Å². The minimum atomic E-state index is -4.57. The average Bonchev–Trinajstić information content (AvgIpc) is 2.63. The van der Waals surface area contributed by atoms with Crippen molar-refractivity contribution in [3.8, 4) is 0 Å². The molecule has 1 aromatic heterocycles. The van der Waals surface area contributed by atoms with Crippen LogP contribution in [0.1, 0.15) is 24.1 Å². The van der Waals surface area contributed by atoms with Crippen molar-refractivity contribution < 1.29 is 13.2 Å². The first-order valence-corrected chi connectivity index (χ1v) is 8.36. The minimum absolute atomic E-state index is 0.0148. The second-order valence-corrected chi connectivity index (χ2v) is 6.19. The number of hydrogen-bond donors (Lipinski definition) is 2. The van der Waals surface area contributed by atoms with Crippen molar-refractivity contribution in [1.82, 2.24) is 15.2 Å².